The van der Waals surface area contributed by atoms with E-state index >= 15 is 0 Å². The van der Waals surface area contributed by atoms with Crippen LogP contribution in [0.3, 0.4) is 0 Å². The first kappa shape index (κ1) is 14.9. The molecule has 6 nitrogen and oxygen atoms in total. The summed E-state index contributed by atoms with van der Waals surface area (Å²) in [5, 5.41) is 12.2. The van der Waals surface area contributed by atoms with Crippen LogP contribution in [0.1, 0.15) is 42.7 Å². The van der Waals surface area contributed by atoms with Crippen LogP contribution in [-0.2, 0) is 4.79 Å². The SMILES string of the molecule is CCCC(C)(Nc1nc(C)ccc1C(N)=O)C(=O)O. The molecular formula is C13H19N3O3. The molecule has 0 aromatic carbocycles. The molecule has 6 heteroatoms. The molecule has 0 radical (unpaired) electrons. The number of anilines is 1. The number of nitrogens with one attached hydrogen (secondary N) is 1. The zero-order chi connectivity index (χ0) is 14.6. The van der Waals surface area contributed by atoms with Crippen LogP contribution in [0.5, 0.6) is 0 Å². The number of hydrogen-bond donors (Lipinski definition) is 3. The molecule has 0 saturated heterocycles. The Labute approximate surface area is 112 Å². The number of nitrogens with zero attached hydrogens (tertiary/aromatic N) is 1. The van der Waals surface area contributed by atoms with E-state index in [2.05, 4.69) is 10.3 Å². The van der Waals surface area contributed by atoms with Gasteiger partial charge in [-0.05, 0) is 32.4 Å². The molecule has 0 aliphatic carbocycles. The van der Waals surface area contributed by atoms with Crippen LogP contribution in [0.4, 0.5) is 5.82 Å². The van der Waals surface area contributed by atoms with Gasteiger partial charge in [-0.25, -0.2) is 9.78 Å². The molecule has 0 aliphatic rings. The summed E-state index contributed by atoms with van der Waals surface area (Å²) in [5.74, 6) is -1.42. The number of amides is 1. The number of aryl methyl sites for hydroxylation is 1. The fourth-order valence-corrected chi connectivity index (χ4v) is 1.84. The molecule has 19 heavy (non-hydrogen) atoms. The lowest BCUT2D eigenvalue weighted by molar-refractivity contribution is -0.142. The molecule has 0 fully saturated rings. The molecule has 1 atom stereocenters. The molecule has 0 saturated carbocycles. The van der Waals surface area contributed by atoms with Gasteiger partial charge in [0, 0.05) is 5.69 Å². The first-order valence-electron chi connectivity index (χ1n) is 6.09. The van der Waals surface area contributed by atoms with Crippen molar-refractivity contribution in [2.45, 2.75) is 39.2 Å². The van der Waals surface area contributed by atoms with Gasteiger partial charge >= 0.3 is 5.97 Å². The van der Waals surface area contributed by atoms with Crippen molar-refractivity contribution in [2.24, 2.45) is 5.73 Å². The van der Waals surface area contributed by atoms with Crippen LogP contribution in [-0.4, -0.2) is 27.5 Å². The second-order valence-corrected chi connectivity index (χ2v) is 4.73. The highest BCUT2D eigenvalue weighted by molar-refractivity contribution is 5.98. The van der Waals surface area contributed by atoms with E-state index in [1.807, 2.05) is 6.92 Å². The van der Waals surface area contributed by atoms with Crippen molar-refractivity contribution in [3.8, 4) is 0 Å². The predicted molar refractivity (Wildman–Crippen MR) is 72.1 cm³/mol. The van der Waals surface area contributed by atoms with E-state index < -0.39 is 17.4 Å². The van der Waals surface area contributed by atoms with Gasteiger partial charge in [-0.15, -0.1) is 0 Å². The van der Waals surface area contributed by atoms with Gasteiger partial charge in [-0.3, -0.25) is 4.79 Å². The fourth-order valence-electron chi connectivity index (χ4n) is 1.84. The molecule has 1 aromatic heterocycles. The lowest BCUT2D eigenvalue weighted by atomic mass is 9.96. The predicted octanol–water partition coefficient (Wildman–Crippen LogP) is 1.54. The smallest absolute Gasteiger partial charge is 0.329 e. The number of carbonyl (C=O) groups excluding carboxylic acids is 1. The van der Waals surface area contributed by atoms with Gasteiger partial charge in [0.1, 0.15) is 11.4 Å². The van der Waals surface area contributed by atoms with Gasteiger partial charge in [0.15, 0.2) is 0 Å². The molecular weight excluding hydrogens is 246 g/mol. The third-order valence-corrected chi connectivity index (χ3v) is 2.92. The molecule has 1 heterocycles. The van der Waals surface area contributed by atoms with Crippen molar-refractivity contribution in [1.29, 1.82) is 0 Å². The maximum atomic E-state index is 11.4. The number of carboxylic acid groups (broad SMARTS) is 1. The van der Waals surface area contributed by atoms with Crippen LogP contribution < -0.4 is 11.1 Å². The monoisotopic (exact) mass is 265 g/mol. The molecule has 1 aromatic rings. The summed E-state index contributed by atoms with van der Waals surface area (Å²) >= 11 is 0. The molecule has 1 rings (SSSR count). The van der Waals surface area contributed by atoms with Gasteiger partial charge in [-0.1, -0.05) is 13.3 Å². The summed E-state index contributed by atoms with van der Waals surface area (Å²) in [5.41, 5.74) is 4.95. The highest BCUT2D eigenvalue weighted by Gasteiger charge is 2.33. The van der Waals surface area contributed by atoms with E-state index in [4.69, 9.17) is 5.73 Å². The Morgan fingerprint density at radius 3 is 2.58 bits per heavy atom. The van der Waals surface area contributed by atoms with Crippen molar-refractivity contribution < 1.29 is 14.7 Å². The number of primary amides is 1. The molecule has 0 spiro atoms. The average molecular weight is 265 g/mol. The highest BCUT2D eigenvalue weighted by Crippen LogP contribution is 2.22. The number of carboxylic acids is 1. The highest BCUT2D eigenvalue weighted by atomic mass is 16.4. The van der Waals surface area contributed by atoms with E-state index in [0.29, 0.717) is 18.5 Å². The molecule has 1 amide bonds. The summed E-state index contributed by atoms with van der Waals surface area (Å²) < 4.78 is 0. The summed E-state index contributed by atoms with van der Waals surface area (Å²) in [6.07, 6.45) is 1.10. The van der Waals surface area contributed by atoms with E-state index in [1.165, 1.54) is 0 Å². The Kier molecular flexibility index (Phi) is 4.47. The van der Waals surface area contributed by atoms with Crippen LogP contribution in [0.2, 0.25) is 0 Å². The minimum absolute atomic E-state index is 0.189. The van der Waals surface area contributed by atoms with E-state index in [1.54, 1.807) is 26.0 Å². The number of pyridine rings is 1. The number of aromatic nitrogens is 1. The number of hydrogen-bond acceptors (Lipinski definition) is 4. The third kappa shape index (κ3) is 3.43. The maximum absolute atomic E-state index is 11.4. The summed E-state index contributed by atoms with van der Waals surface area (Å²) in [7, 11) is 0. The Hall–Kier alpha value is -2.11. The molecule has 0 bridgehead atoms. The number of carbonyl (C=O) groups is 2. The number of rotatable bonds is 6. The normalized spacial score (nSPS) is 13.6. The summed E-state index contributed by atoms with van der Waals surface area (Å²) in [4.78, 5) is 26.9. The molecule has 0 aliphatic heterocycles. The number of aliphatic carboxylic acids is 1. The second kappa shape index (κ2) is 5.69. The Bertz CT molecular complexity index is 502. The van der Waals surface area contributed by atoms with Gasteiger partial charge in [-0.2, -0.15) is 0 Å². The van der Waals surface area contributed by atoms with E-state index in [0.717, 1.165) is 0 Å². The average Bonchev–Trinajstić information content (AvgIpc) is 2.28. The lowest BCUT2D eigenvalue weighted by Gasteiger charge is -2.27. The van der Waals surface area contributed by atoms with Crippen LogP contribution in [0.15, 0.2) is 12.1 Å². The van der Waals surface area contributed by atoms with Gasteiger partial charge < -0.3 is 16.2 Å². The van der Waals surface area contributed by atoms with Gasteiger partial charge in [0.2, 0.25) is 0 Å². The standard InChI is InChI=1S/C13H19N3O3/c1-4-7-13(3,12(18)19)16-11-9(10(14)17)6-5-8(2)15-11/h5-6H,4,7H2,1-3H3,(H2,14,17)(H,15,16)(H,18,19). The molecule has 4 N–H and O–H groups in total. The third-order valence-electron chi connectivity index (χ3n) is 2.92. The summed E-state index contributed by atoms with van der Waals surface area (Å²) in [6, 6.07) is 3.20. The van der Waals surface area contributed by atoms with Crippen LogP contribution >= 0.6 is 0 Å². The van der Waals surface area contributed by atoms with Crippen molar-refractivity contribution in [2.75, 3.05) is 5.32 Å². The van der Waals surface area contributed by atoms with Gasteiger partial charge in [0.25, 0.3) is 5.91 Å². The zero-order valence-corrected chi connectivity index (χ0v) is 11.4. The quantitative estimate of drug-likeness (QED) is 0.723. The molecule has 104 valence electrons. The van der Waals surface area contributed by atoms with Gasteiger partial charge in [0.05, 0.1) is 5.56 Å². The van der Waals surface area contributed by atoms with E-state index in [9.17, 15) is 14.7 Å². The van der Waals surface area contributed by atoms with Crippen molar-refractivity contribution in [3.05, 3.63) is 23.4 Å². The van der Waals surface area contributed by atoms with Crippen molar-refractivity contribution >= 4 is 17.7 Å². The first-order chi connectivity index (χ1) is 8.80. The topological polar surface area (TPSA) is 105 Å². The Morgan fingerprint density at radius 2 is 2.11 bits per heavy atom. The van der Waals surface area contributed by atoms with Crippen LogP contribution in [0.25, 0.3) is 0 Å². The molecule has 1 unspecified atom stereocenters. The first-order valence-corrected chi connectivity index (χ1v) is 6.09. The van der Waals surface area contributed by atoms with Crippen molar-refractivity contribution in [3.63, 3.8) is 0 Å². The lowest BCUT2D eigenvalue weighted by Crippen LogP contribution is -2.44. The summed E-state index contributed by atoms with van der Waals surface area (Å²) in [6.45, 7) is 5.21. The minimum Gasteiger partial charge on any atom is -0.480 e. The largest absolute Gasteiger partial charge is 0.480 e. The number of nitrogens with two attached hydrogens (primary N) is 1. The second-order valence-electron chi connectivity index (χ2n) is 4.73. The zero-order valence-electron chi connectivity index (χ0n) is 11.4. The fraction of sp³-hybridized carbons (Fsp3) is 0.462. The Morgan fingerprint density at radius 1 is 1.47 bits per heavy atom. The minimum atomic E-state index is -1.18. The van der Waals surface area contributed by atoms with E-state index in [-0.39, 0.29) is 11.4 Å². The van der Waals surface area contributed by atoms with Crippen LogP contribution in [0, 0.1) is 6.92 Å². The maximum Gasteiger partial charge on any atom is 0.329 e. The Balaban J connectivity index is 3.19. The van der Waals surface area contributed by atoms with Crippen molar-refractivity contribution in [1.82, 2.24) is 4.98 Å².